The second-order valence-corrected chi connectivity index (χ2v) is 5.24. The van der Waals surface area contributed by atoms with Gasteiger partial charge in [-0.25, -0.2) is 0 Å². The summed E-state index contributed by atoms with van der Waals surface area (Å²) < 4.78 is 0.648. The third kappa shape index (κ3) is 1.93. The zero-order chi connectivity index (χ0) is 8.32. The largest absolute Gasteiger partial charge is 0.159 e. The maximum absolute atomic E-state index is 2.43. The second kappa shape index (κ2) is 3.84. The molecule has 66 valence electrons. The molecule has 0 nitrogen and oxygen atoms in total. The van der Waals surface area contributed by atoms with E-state index in [2.05, 4.69) is 31.9 Å². The Bertz CT molecular complexity index is 118. The monoisotopic (exact) mass is 172 g/mol. The maximum Gasteiger partial charge on any atom is 0.0157 e. The van der Waals surface area contributed by atoms with Crippen molar-refractivity contribution in [3.8, 4) is 0 Å². The van der Waals surface area contributed by atoms with Crippen LogP contribution in [0.3, 0.4) is 0 Å². The van der Waals surface area contributed by atoms with Gasteiger partial charge in [-0.3, -0.25) is 0 Å². The van der Waals surface area contributed by atoms with Gasteiger partial charge in [0.2, 0.25) is 0 Å². The van der Waals surface area contributed by atoms with Crippen LogP contribution in [0.25, 0.3) is 0 Å². The Morgan fingerprint density at radius 3 is 2.64 bits per heavy atom. The quantitative estimate of drug-likeness (QED) is 0.623. The highest BCUT2D eigenvalue weighted by Gasteiger charge is 2.40. The Kier molecular flexibility index (Phi) is 3.29. The molecule has 1 fully saturated rings. The van der Waals surface area contributed by atoms with Crippen molar-refractivity contribution in [3.05, 3.63) is 0 Å². The van der Waals surface area contributed by atoms with Gasteiger partial charge in [-0.15, -0.1) is 0 Å². The van der Waals surface area contributed by atoms with Crippen molar-refractivity contribution in [1.82, 2.24) is 0 Å². The first-order valence-electron chi connectivity index (χ1n) is 4.78. The summed E-state index contributed by atoms with van der Waals surface area (Å²) in [6, 6.07) is 0. The van der Waals surface area contributed by atoms with Crippen molar-refractivity contribution in [2.24, 2.45) is 5.92 Å². The first kappa shape index (κ1) is 9.44. The standard InChI is InChI=1S/C10H20S/c1-4-5-6-9-7-8-10(9,2)11-3/h9H,4-8H2,1-3H3. The normalized spacial score (nSPS) is 36.8. The molecule has 0 spiro atoms. The van der Waals surface area contributed by atoms with Crippen LogP contribution in [0.2, 0.25) is 0 Å². The fraction of sp³-hybridized carbons (Fsp3) is 1.00. The average Bonchev–Trinajstić information content (AvgIpc) is 2.02. The first-order chi connectivity index (χ1) is 5.23. The van der Waals surface area contributed by atoms with Gasteiger partial charge in [-0.1, -0.05) is 26.7 Å². The molecular formula is C10H20S. The van der Waals surface area contributed by atoms with Gasteiger partial charge in [0.05, 0.1) is 0 Å². The molecule has 1 aliphatic carbocycles. The lowest BCUT2D eigenvalue weighted by Crippen LogP contribution is -2.40. The van der Waals surface area contributed by atoms with Crippen LogP contribution < -0.4 is 0 Å². The molecule has 0 saturated heterocycles. The van der Waals surface area contributed by atoms with Gasteiger partial charge in [0.1, 0.15) is 0 Å². The van der Waals surface area contributed by atoms with Crippen LogP contribution in [0.15, 0.2) is 0 Å². The average molecular weight is 172 g/mol. The molecule has 0 amide bonds. The zero-order valence-corrected chi connectivity index (χ0v) is 8.84. The van der Waals surface area contributed by atoms with Crippen LogP contribution in [0, 0.1) is 5.92 Å². The molecule has 1 heteroatoms. The molecule has 0 aromatic carbocycles. The summed E-state index contributed by atoms with van der Waals surface area (Å²) >= 11 is 2.07. The first-order valence-corrected chi connectivity index (χ1v) is 6.00. The molecule has 1 aliphatic rings. The van der Waals surface area contributed by atoms with Crippen molar-refractivity contribution in [2.75, 3.05) is 6.26 Å². The SMILES string of the molecule is CCCCC1CCC1(C)SC. The molecule has 2 unspecified atom stereocenters. The fourth-order valence-corrected chi connectivity index (χ4v) is 2.81. The van der Waals surface area contributed by atoms with Gasteiger partial charge >= 0.3 is 0 Å². The predicted molar refractivity (Wildman–Crippen MR) is 54.2 cm³/mol. The van der Waals surface area contributed by atoms with E-state index in [1.165, 1.54) is 32.1 Å². The van der Waals surface area contributed by atoms with Gasteiger partial charge in [0.25, 0.3) is 0 Å². The molecule has 1 rings (SSSR count). The molecular weight excluding hydrogens is 152 g/mol. The Hall–Kier alpha value is 0.350. The molecule has 0 aromatic rings. The van der Waals surface area contributed by atoms with E-state index in [1.54, 1.807) is 0 Å². The Morgan fingerprint density at radius 2 is 2.27 bits per heavy atom. The van der Waals surface area contributed by atoms with E-state index in [-0.39, 0.29) is 0 Å². The Morgan fingerprint density at radius 1 is 1.55 bits per heavy atom. The van der Waals surface area contributed by atoms with E-state index < -0.39 is 0 Å². The van der Waals surface area contributed by atoms with Crippen LogP contribution in [0.5, 0.6) is 0 Å². The Balaban J connectivity index is 2.25. The molecule has 0 aromatic heterocycles. The van der Waals surface area contributed by atoms with Crippen molar-refractivity contribution in [3.63, 3.8) is 0 Å². The molecule has 0 heterocycles. The smallest absolute Gasteiger partial charge is 0.0157 e. The molecule has 0 radical (unpaired) electrons. The van der Waals surface area contributed by atoms with E-state index >= 15 is 0 Å². The van der Waals surface area contributed by atoms with Crippen LogP contribution in [-0.2, 0) is 0 Å². The summed E-state index contributed by atoms with van der Waals surface area (Å²) in [5.74, 6) is 1.03. The minimum Gasteiger partial charge on any atom is -0.159 e. The lowest BCUT2D eigenvalue weighted by Gasteiger charge is -2.46. The van der Waals surface area contributed by atoms with Crippen molar-refractivity contribution in [2.45, 2.75) is 50.7 Å². The third-order valence-electron chi connectivity index (χ3n) is 3.23. The van der Waals surface area contributed by atoms with Crippen LogP contribution in [0.1, 0.15) is 46.0 Å². The topological polar surface area (TPSA) is 0 Å². The lowest BCUT2D eigenvalue weighted by molar-refractivity contribution is 0.216. The fourth-order valence-electron chi connectivity index (χ4n) is 1.92. The minimum absolute atomic E-state index is 0.648. The van der Waals surface area contributed by atoms with Gasteiger partial charge < -0.3 is 0 Å². The minimum atomic E-state index is 0.648. The van der Waals surface area contributed by atoms with Crippen LogP contribution >= 0.6 is 11.8 Å². The van der Waals surface area contributed by atoms with Crippen LogP contribution in [-0.4, -0.2) is 11.0 Å². The van der Waals surface area contributed by atoms with E-state index in [9.17, 15) is 0 Å². The van der Waals surface area contributed by atoms with Gasteiger partial charge in [0, 0.05) is 4.75 Å². The third-order valence-corrected chi connectivity index (χ3v) is 4.70. The number of hydrogen-bond donors (Lipinski definition) is 0. The van der Waals surface area contributed by atoms with E-state index in [0.717, 1.165) is 5.92 Å². The van der Waals surface area contributed by atoms with Gasteiger partial charge in [-0.2, -0.15) is 11.8 Å². The summed E-state index contributed by atoms with van der Waals surface area (Å²) in [6.45, 7) is 4.72. The summed E-state index contributed by atoms with van der Waals surface area (Å²) in [6.07, 6.45) is 9.45. The summed E-state index contributed by atoms with van der Waals surface area (Å²) in [7, 11) is 0. The second-order valence-electron chi connectivity index (χ2n) is 3.89. The van der Waals surface area contributed by atoms with E-state index in [0.29, 0.717) is 4.75 Å². The molecule has 0 N–H and O–H groups in total. The maximum atomic E-state index is 2.43. The van der Waals surface area contributed by atoms with E-state index in [1.807, 2.05) is 0 Å². The number of rotatable bonds is 4. The van der Waals surface area contributed by atoms with Crippen molar-refractivity contribution < 1.29 is 0 Å². The predicted octanol–water partition coefficient (Wildman–Crippen LogP) is 3.71. The highest BCUT2D eigenvalue weighted by Crippen LogP contribution is 2.49. The summed E-state index contributed by atoms with van der Waals surface area (Å²) in [5.41, 5.74) is 0. The number of hydrogen-bond acceptors (Lipinski definition) is 1. The van der Waals surface area contributed by atoms with E-state index in [4.69, 9.17) is 0 Å². The highest BCUT2D eigenvalue weighted by atomic mass is 32.2. The van der Waals surface area contributed by atoms with Gasteiger partial charge in [0.15, 0.2) is 0 Å². The zero-order valence-electron chi connectivity index (χ0n) is 8.02. The number of thioether (sulfide) groups is 1. The molecule has 0 aliphatic heterocycles. The molecule has 1 saturated carbocycles. The number of unbranched alkanes of at least 4 members (excludes halogenated alkanes) is 1. The molecule has 2 atom stereocenters. The lowest BCUT2D eigenvalue weighted by atomic mass is 9.71. The molecule has 0 bridgehead atoms. The van der Waals surface area contributed by atoms with Crippen molar-refractivity contribution >= 4 is 11.8 Å². The van der Waals surface area contributed by atoms with Crippen molar-refractivity contribution in [1.29, 1.82) is 0 Å². The summed E-state index contributed by atoms with van der Waals surface area (Å²) in [4.78, 5) is 0. The Labute approximate surface area is 75.1 Å². The highest BCUT2D eigenvalue weighted by molar-refractivity contribution is 8.00. The van der Waals surface area contributed by atoms with Gasteiger partial charge in [-0.05, 0) is 31.4 Å². The van der Waals surface area contributed by atoms with Crippen LogP contribution in [0.4, 0.5) is 0 Å². The summed E-state index contributed by atoms with van der Waals surface area (Å²) in [5, 5.41) is 0. The molecule has 11 heavy (non-hydrogen) atoms.